The molecule has 2 aliphatic rings. The third-order valence-electron chi connectivity index (χ3n) is 5.14. The van der Waals surface area contributed by atoms with Crippen LogP contribution in [0.5, 0.6) is 11.5 Å². The van der Waals surface area contributed by atoms with Gasteiger partial charge in [0.15, 0.2) is 11.6 Å². The van der Waals surface area contributed by atoms with Crippen molar-refractivity contribution in [2.75, 3.05) is 0 Å². The highest BCUT2D eigenvalue weighted by Crippen LogP contribution is 2.72. The Balaban J connectivity index is 1.61. The molecule has 0 heterocycles. The minimum Gasteiger partial charge on any atom is -0.447 e. The number of para-hydroxylation sites is 1. The molecule has 28 heavy (non-hydrogen) atoms. The van der Waals surface area contributed by atoms with Crippen molar-refractivity contribution >= 4 is 13.1 Å². The summed E-state index contributed by atoms with van der Waals surface area (Å²) in [6.07, 6.45) is 3.23. The van der Waals surface area contributed by atoms with Crippen LogP contribution in [-0.4, -0.2) is 16.2 Å². The molecule has 0 spiro atoms. The van der Waals surface area contributed by atoms with E-state index in [2.05, 4.69) is 0 Å². The van der Waals surface area contributed by atoms with E-state index in [4.69, 9.17) is 9.26 Å². The monoisotopic (exact) mass is 405 g/mol. The zero-order valence-electron chi connectivity index (χ0n) is 15.4. The molecule has 2 aromatic carbocycles. The molecule has 1 atom stereocenters. The summed E-state index contributed by atoms with van der Waals surface area (Å²) >= 11 is 0. The van der Waals surface area contributed by atoms with Crippen molar-refractivity contribution in [3.63, 3.8) is 0 Å². The smallest absolute Gasteiger partial charge is 0.311 e. The summed E-state index contributed by atoms with van der Waals surface area (Å²) in [5.74, 6) is -0.785. The van der Waals surface area contributed by atoms with Gasteiger partial charge in [0.1, 0.15) is 0 Å². The molecule has 8 heteroatoms. The van der Waals surface area contributed by atoms with Crippen molar-refractivity contribution in [3.8, 4) is 11.5 Å². The Bertz CT molecular complexity index is 941. The minimum atomic E-state index is -2.72. The number of nitro benzene ring substituents is 1. The van der Waals surface area contributed by atoms with E-state index in [1.54, 1.807) is 19.1 Å². The molecule has 2 fully saturated rings. The van der Waals surface area contributed by atoms with E-state index in [0.717, 1.165) is 25.7 Å². The Morgan fingerprint density at radius 3 is 2.32 bits per heavy atom. The molecule has 1 unspecified atom stereocenters. The zero-order chi connectivity index (χ0) is 19.9. The molecule has 0 N–H and O–H groups in total. The number of ether oxygens (including phenoxy) is 1. The van der Waals surface area contributed by atoms with Crippen LogP contribution in [-0.2, 0) is 9.09 Å². The zero-order valence-corrected chi connectivity index (χ0v) is 16.3. The lowest BCUT2D eigenvalue weighted by Crippen LogP contribution is -2.06. The maximum atomic E-state index is 13.9. The second-order valence-corrected chi connectivity index (χ2v) is 10.3. The summed E-state index contributed by atoms with van der Waals surface area (Å²) in [6, 6.07) is 10.1. The van der Waals surface area contributed by atoms with E-state index in [0.29, 0.717) is 5.56 Å². The van der Waals surface area contributed by atoms with E-state index in [1.807, 2.05) is 0 Å². The minimum absolute atomic E-state index is 0.0734. The summed E-state index contributed by atoms with van der Waals surface area (Å²) in [6.45, 7) is 1.78. The van der Waals surface area contributed by atoms with Gasteiger partial charge in [-0.05, 0) is 62.4 Å². The van der Waals surface area contributed by atoms with Crippen molar-refractivity contribution in [1.82, 2.24) is 0 Å². The fourth-order valence-electron chi connectivity index (χ4n) is 3.31. The molecule has 0 bridgehead atoms. The lowest BCUT2D eigenvalue weighted by Gasteiger charge is -2.23. The van der Waals surface area contributed by atoms with Crippen LogP contribution in [0.2, 0.25) is 0 Å². The molecule has 0 saturated heterocycles. The van der Waals surface area contributed by atoms with Gasteiger partial charge in [-0.3, -0.25) is 14.7 Å². The van der Waals surface area contributed by atoms with Gasteiger partial charge in [0.05, 0.1) is 11.0 Å². The summed E-state index contributed by atoms with van der Waals surface area (Å²) in [5, 5.41) is 11.4. The first-order valence-corrected chi connectivity index (χ1v) is 11.1. The highest BCUT2D eigenvalue weighted by molar-refractivity contribution is 7.61. The fourth-order valence-corrected chi connectivity index (χ4v) is 6.60. The standard InChI is InChI=1S/C20H21FNO5P/c1-13(27-28(25,15-7-8-15)16-9-10-16)14-6-11-18(22(23)24)20(12-14)26-19-5-3-2-4-17(19)21/h2-6,11-13,15-16H,7-10H2,1H3. The van der Waals surface area contributed by atoms with Gasteiger partial charge in [-0.25, -0.2) is 4.39 Å². The molecule has 2 aromatic rings. The first-order chi connectivity index (χ1) is 13.4. The second-order valence-electron chi connectivity index (χ2n) is 7.37. The van der Waals surface area contributed by atoms with Crippen molar-refractivity contribution in [3.05, 3.63) is 64.0 Å². The Labute approximate surface area is 162 Å². The molecule has 0 aliphatic heterocycles. The van der Waals surface area contributed by atoms with E-state index in [1.165, 1.54) is 30.3 Å². The summed E-state index contributed by atoms with van der Waals surface area (Å²) in [5.41, 5.74) is 0.634. The fraction of sp³-hybridized carbons (Fsp3) is 0.400. The van der Waals surface area contributed by atoms with Crippen LogP contribution in [0.3, 0.4) is 0 Å². The second kappa shape index (κ2) is 7.30. The van der Waals surface area contributed by atoms with E-state index < -0.39 is 24.2 Å². The Kier molecular flexibility index (Phi) is 4.98. The lowest BCUT2D eigenvalue weighted by molar-refractivity contribution is -0.385. The molecule has 6 nitrogen and oxygen atoms in total. The van der Waals surface area contributed by atoms with Gasteiger partial charge in [-0.1, -0.05) is 12.1 Å². The molecule has 2 aliphatic carbocycles. The SMILES string of the molecule is CC(OP(=O)(C1CC1)C1CC1)c1ccc([N+](=O)[O-])c(Oc2ccccc2F)c1. The van der Waals surface area contributed by atoms with Gasteiger partial charge in [-0.15, -0.1) is 0 Å². The third kappa shape index (κ3) is 3.82. The largest absolute Gasteiger partial charge is 0.447 e. The van der Waals surface area contributed by atoms with Gasteiger partial charge in [0.2, 0.25) is 13.1 Å². The first-order valence-electron chi connectivity index (χ1n) is 9.37. The highest BCUT2D eigenvalue weighted by atomic mass is 31.2. The third-order valence-corrected chi connectivity index (χ3v) is 8.86. The molecule has 2 saturated carbocycles. The topological polar surface area (TPSA) is 78.7 Å². The van der Waals surface area contributed by atoms with Gasteiger partial charge < -0.3 is 9.26 Å². The maximum absolute atomic E-state index is 13.9. The van der Waals surface area contributed by atoms with E-state index in [-0.39, 0.29) is 28.5 Å². The molecular weight excluding hydrogens is 384 g/mol. The number of hydrogen-bond donors (Lipinski definition) is 0. The molecule has 0 aromatic heterocycles. The lowest BCUT2D eigenvalue weighted by atomic mass is 10.1. The molecular formula is C20H21FNO5P. The van der Waals surface area contributed by atoms with Crippen LogP contribution >= 0.6 is 7.37 Å². The van der Waals surface area contributed by atoms with Crippen molar-refractivity contribution < 1.29 is 23.1 Å². The van der Waals surface area contributed by atoms with Gasteiger partial charge in [0, 0.05) is 17.4 Å². The van der Waals surface area contributed by atoms with Gasteiger partial charge >= 0.3 is 5.69 Å². The number of rotatable bonds is 8. The average molecular weight is 405 g/mol. The highest BCUT2D eigenvalue weighted by Gasteiger charge is 2.52. The number of hydrogen-bond acceptors (Lipinski definition) is 5. The Morgan fingerprint density at radius 2 is 1.75 bits per heavy atom. The number of nitrogens with zero attached hydrogens (tertiary/aromatic N) is 1. The molecule has 4 rings (SSSR count). The number of benzene rings is 2. The van der Waals surface area contributed by atoms with Gasteiger partial charge in [-0.2, -0.15) is 0 Å². The van der Waals surface area contributed by atoms with Crippen LogP contribution in [0.25, 0.3) is 0 Å². The van der Waals surface area contributed by atoms with Crippen molar-refractivity contribution in [2.45, 2.75) is 50.0 Å². The maximum Gasteiger partial charge on any atom is 0.311 e. The van der Waals surface area contributed by atoms with E-state index >= 15 is 0 Å². The molecule has 0 radical (unpaired) electrons. The predicted molar refractivity (Wildman–Crippen MR) is 103 cm³/mol. The Hall–Kier alpha value is -2.24. The summed E-state index contributed by atoms with van der Waals surface area (Å²) in [4.78, 5) is 10.8. The van der Waals surface area contributed by atoms with Crippen LogP contribution in [0.4, 0.5) is 10.1 Å². The van der Waals surface area contributed by atoms with Crippen LogP contribution in [0, 0.1) is 15.9 Å². The van der Waals surface area contributed by atoms with Crippen molar-refractivity contribution in [2.24, 2.45) is 0 Å². The molecule has 148 valence electrons. The van der Waals surface area contributed by atoms with Crippen molar-refractivity contribution in [1.29, 1.82) is 0 Å². The number of nitro groups is 1. The number of halogens is 1. The van der Waals surface area contributed by atoms with Crippen LogP contribution in [0.15, 0.2) is 42.5 Å². The normalized spacial score (nSPS) is 17.9. The van der Waals surface area contributed by atoms with Crippen LogP contribution in [0.1, 0.15) is 44.3 Å². The average Bonchev–Trinajstić information content (AvgIpc) is 3.56. The quantitative estimate of drug-likeness (QED) is 0.296. The van der Waals surface area contributed by atoms with Gasteiger partial charge in [0.25, 0.3) is 0 Å². The first kappa shape index (κ1) is 19.1. The molecule has 0 amide bonds. The predicted octanol–water partition coefficient (Wildman–Crippen LogP) is 6.21. The van der Waals surface area contributed by atoms with Crippen LogP contribution < -0.4 is 4.74 Å². The summed E-state index contributed by atoms with van der Waals surface area (Å²) < 4.78 is 38.8. The summed E-state index contributed by atoms with van der Waals surface area (Å²) in [7, 11) is -2.72. The Morgan fingerprint density at radius 1 is 1.11 bits per heavy atom. The van der Waals surface area contributed by atoms with E-state index in [9.17, 15) is 19.1 Å².